The van der Waals surface area contributed by atoms with Gasteiger partial charge < -0.3 is 4.90 Å². The van der Waals surface area contributed by atoms with Gasteiger partial charge >= 0.3 is 0 Å². The van der Waals surface area contributed by atoms with E-state index in [-0.39, 0.29) is 5.91 Å². The van der Waals surface area contributed by atoms with Crippen LogP contribution >= 0.6 is 11.3 Å². The fraction of sp³-hybridized carbons (Fsp3) is 0.353. The van der Waals surface area contributed by atoms with Crippen LogP contribution in [0.15, 0.2) is 35.7 Å². The van der Waals surface area contributed by atoms with Crippen LogP contribution in [-0.2, 0) is 0 Å². The van der Waals surface area contributed by atoms with Gasteiger partial charge in [0, 0.05) is 23.3 Å². The molecule has 3 heteroatoms. The maximum Gasteiger partial charge on any atom is 0.254 e. The smallest absolute Gasteiger partial charge is 0.254 e. The summed E-state index contributed by atoms with van der Waals surface area (Å²) in [4.78, 5) is 15.6. The quantitative estimate of drug-likeness (QED) is 0.803. The van der Waals surface area contributed by atoms with Crippen LogP contribution in [0, 0.1) is 6.92 Å². The Morgan fingerprint density at radius 3 is 2.50 bits per heavy atom. The van der Waals surface area contributed by atoms with Crippen LogP contribution in [0.25, 0.3) is 10.4 Å². The van der Waals surface area contributed by atoms with Gasteiger partial charge in [0.05, 0.1) is 5.56 Å². The van der Waals surface area contributed by atoms with Crippen molar-refractivity contribution in [3.63, 3.8) is 0 Å². The molecular formula is C17H19NOS. The van der Waals surface area contributed by atoms with Gasteiger partial charge in [-0.3, -0.25) is 4.79 Å². The van der Waals surface area contributed by atoms with Gasteiger partial charge in [0.2, 0.25) is 0 Å². The lowest BCUT2D eigenvalue weighted by atomic mass is 10.1. The van der Waals surface area contributed by atoms with E-state index in [1.54, 1.807) is 11.3 Å². The molecule has 1 aliphatic heterocycles. The molecule has 1 fully saturated rings. The van der Waals surface area contributed by atoms with Crippen molar-refractivity contribution < 1.29 is 4.79 Å². The van der Waals surface area contributed by atoms with E-state index in [1.807, 2.05) is 16.3 Å². The van der Waals surface area contributed by atoms with Crippen molar-refractivity contribution in [3.8, 4) is 10.4 Å². The van der Waals surface area contributed by atoms with E-state index in [0.29, 0.717) is 0 Å². The van der Waals surface area contributed by atoms with Crippen molar-refractivity contribution in [1.29, 1.82) is 0 Å². The highest BCUT2D eigenvalue weighted by Gasteiger charge is 2.19. The van der Waals surface area contributed by atoms with E-state index < -0.39 is 0 Å². The Morgan fingerprint density at radius 2 is 1.80 bits per heavy atom. The Balaban J connectivity index is 1.79. The van der Waals surface area contributed by atoms with Crippen molar-refractivity contribution in [2.45, 2.75) is 26.2 Å². The molecule has 1 aliphatic rings. The molecule has 0 spiro atoms. The number of benzene rings is 1. The van der Waals surface area contributed by atoms with E-state index >= 15 is 0 Å². The molecule has 0 atom stereocenters. The Labute approximate surface area is 124 Å². The van der Waals surface area contributed by atoms with E-state index in [4.69, 9.17) is 0 Å². The monoisotopic (exact) mass is 285 g/mol. The lowest BCUT2D eigenvalue weighted by molar-refractivity contribution is 0.0725. The van der Waals surface area contributed by atoms with E-state index in [0.717, 1.165) is 31.5 Å². The van der Waals surface area contributed by atoms with Crippen LogP contribution in [0.2, 0.25) is 0 Å². The molecule has 20 heavy (non-hydrogen) atoms. The van der Waals surface area contributed by atoms with Crippen LogP contribution in [0.5, 0.6) is 0 Å². The number of thiophene rings is 1. The summed E-state index contributed by atoms with van der Waals surface area (Å²) in [5.74, 6) is 0.194. The largest absolute Gasteiger partial charge is 0.339 e. The third kappa shape index (κ3) is 2.78. The Kier molecular flexibility index (Phi) is 3.88. The Morgan fingerprint density at radius 1 is 1.10 bits per heavy atom. The molecular weight excluding hydrogens is 266 g/mol. The van der Waals surface area contributed by atoms with E-state index in [1.165, 1.54) is 22.4 Å². The molecule has 1 saturated heterocycles. The zero-order valence-corrected chi connectivity index (χ0v) is 12.6. The predicted octanol–water partition coefficient (Wildman–Crippen LogP) is 4.35. The van der Waals surface area contributed by atoms with Gasteiger partial charge in [-0.15, -0.1) is 11.3 Å². The molecule has 0 saturated carbocycles. The summed E-state index contributed by atoms with van der Waals surface area (Å²) < 4.78 is 0. The molecule has 1 aromatic heterocycles. The predicted molar refractivity (Wildman–Crippen MR) is 84.2 cm³/mol. The van der Waals surface area contributed by atoms with Gasteiger partial charge in [-0.1, -0.05) is 29.8 Å². The SMILES string of the molecule is Cc1ccc(-c2cc(C(=O)N3CCCCC3)cs2)cc1. The minimum absolute atomic E-state index is 0.194. The molecule has 0 unspecified atom stereocenters. The Bertz CT molecular complexity index is 594. The number of carbonyl (C=O) groups excluding carboxylic acids is 1. The average Bonchev–Trinajstić information content (AvgIpc) is 2.98. The van der Waals surface area contributed by atoms with Crippen LogP contribution in [0.3, 0.4) is 0 Å². The average molecular weight is 285 g/mol. The topological polar surface area (TPSA) is 20.3 Å². The molecule has 0 N–H and O–H groups in total. The molecule has 0 bridgehead atoms. The number of carbonyl (C=O) groups is 1. The van der Waals surface area contributed by atoms with E-state index in [2.05, 4.69) is 31.2 Å². The maximum atomic E-state index is 12.4. The first-order valence-electron chi connectivity index (χ1n) is 7.19. The second-order valence-corrected chi connectivity index (χ2v) is 6.33. The highest BCUT2D eigenvalue weighted by Crippen LogP contribution is 2.28. The molecule has 2 aromatic rings. The number of amides is 1. The zero-order valence-electron chi connectivity index (χ0n) is 11.8. The van der Waals surface area contributed by atoms with Gasteiger partial charge in [0.15, 0.2) is 0 Å². The van der Waals surface area contributed by atoms with Crippen molar-refractivity contribution in [1.82, 2.24) is 4.90 Å². The molecule has 0 aliphatic carbocycles. The van der Waals surface area contributed by atoms with Crippen LogP contribution in [0.4, 0.5) is 0 Å². The summed E-state index contributed by atoms with van der Waals surface area (Å²) in [6.07, 6.45) is 3.53. The molecule has 104 valence electrons. The minimum Gasteiger partial charge on any atom is -0.339 e. The minimum atomic E-state index is 0.194. The second kappa shape index (κ2) is 5.80. The summed E-state index contributed by atoms with van der Waals surface area (Å²) in [5, 5.41) is 1.99. The number of likely N-dealkylation sites (tertiary alicyclic amines) is 1. The van der Waals surface area contributed by atoms with Crippen molar-refractivity contribution >= 4 is 17.2 Å². The molecule has 2 heterocycles. The van der Waals surface area contributed by atoms with E-state index in [9.17, 15) is 4.79 Å². The molecule has 2 nitrogen and oxygen atoms in total. The first-order valence-corrected chi connectivity index (χ1v) is 8.07. The fourth-order valence-electron chi connectivity index (χ4n) is 2.60. The summed E-state index contributed by atoms with van der Waals surface area (Å²) in [6.45, 7) is 3.91. The summed E-state index contributed by atoms with van der Waals surface area (Å²) in [7, 11) is 0. The van der Waals surface area contributed by atoms with Gasteiger partial charge in [-0.2, -0.15) is 0 Å². The lowest BCUT2D eigenvalue weighted by Crippen LogP contribution is -2.35. The van der Waals surface area contributed by atoms with Crippen LogP contribution in [0.1, 0.15) is 35.2 Å². The van der Waals surface area contributed by atoms with Gasteiger partial charge in [0.1, 0.15) is 0 Å². The zero-order chi connectivity index (χ0) is 13.9. The van der Waals surface area contributed by atoms with Gasteiger partial charge in [-0.25, -0.2) is 0 Å². The highest BCUT2D eigenvalue weighted by atomic mass is 32.1. The summed E-state index contributed by atoms with van der Waals surface area (Å²) in [5.41, 5.74) is 3.29. The van der Waals surface area contributed by atoms with Crippen LogP contribution < -0.4 is 0 Å². The van der Waals surface area contributed by atoms with Crippen molar-refractivity contribution in [2.24, 2.45) is 0 Å². The number of rotatable bonds is 2. The number of aryl methyl sites for hydroxylation is 1. The third-order valence-electron chi connectivity index (χ3n) is 3.83. The standard InChI is InChI=1S/C17H19NOS/c1-13-5-7-14(8-6-13)16-11-15(12-20-16)17(19)18-9-3-2-4-10-18/h5-8,11-12H,2-4,9-10H2,1H3. The first kappa shape index (κ1) is 13.4. The van der Waals surface area contributed by atoms with Crippen molar-refractivity contribution in [2.75, 3.05) is 13.1 Å². The maximum absolute atomic E-state index is 12.4. The van der Waals surface area contributed by atoms with Gasteiger partial charge in [0.25, 0.3) is 5.91 Å². The molecule has 0 radical (unpaired) electrons. The highest BCUT2D eigenvalue weighted by molar-refractivity contribution is 7.13. The normalized spacial score (nSPS) is 15.3. The fourth-order valence-corrected chi connectivity index (χ4v) is 3.49. The first-order chi connectivity index (χ1) is 9.74. The number of hydrogen-bond acceptors (Lipinski definition) is 2. The molecule has 1 amide bonds. The number of piperidine rings is 1. The second-order valence-electron chi connectivity index (χ2n) is 5.42. The summed E-state index contributed by atoms with van der Waals surface area (Å²) >= 11 is 1.65. The molecule has 3 rings (SSSR count). The number of nitrogens with zero attached hydrogens (tertiary/aromatic N) is 1. The lowest BCUT2D eigenvalue weighted by Gasteiger charge is -2.26. The summed E-state index contributed by atoms with van der Waals surface area (Å²) in [6, 6.07) is 10.5. The third-order valence-corrected chi connectivity index (χ3v) is 4.81. The van der Waals surface area contributed by atoms with Crippen molar-refractivity contribution in [3.05, 3.63) is 46.8 Å². The van der Waals surface area contributed by atoms with Crippen LogP contribution in [-0.4, -0.2) is 23.9 Å². The number of hydrogen-bond donors (Lipinski definition) is 0. The Hall–Kier alpha value is -1.61. The molecule has 1 aromatic carbocycles. The van der Waals surface area contributed by atoms with Gasteiger partial charge in [-0.05, 0) is 37.8 Å².